The molecule has 8 heteroatoms. The molecule has 0 amide bonds. The summed E-state index contributed by atoms with van der Waals surface area (Å²) in [6.07, 6.45) is 3.65. The van der Waals surface area contributed by atoms with Gasteiger partial charge in [-0.05, 0) is 45.8 Å². The van der Waals surface area contributed by atoms with E-state index in [1.807, 2.05) is 12.2 Å². The smallest absolute Gasteiger partial charge is 0.271 e. The van der Waals surface area contributed by atoms with E-state index in [0.717, 1.165) is 15.3 Å². The van der Waals surface area contributed by atoms with Gasteiger partial charge in [-0.25, -0.2) is 4.98 Å². The van der Waals surface area contributed by atoms with Crippen LogP contribution < -0.4 is 4.74 Å². The average Bonchev–Trinajstić information content (AvgIpc) is 2.97. The lowest BCUT2D eigenvalue weighted by Crippen LogP contribution is -1.86. The van der Waals surface area contributed by atoms with E-state index in [1.165, 1.54) is 30.6 Å². The quantitative estimate of drug-likeness (QED) is 0.494. The number of nitro groups is 1. The number of aromatic hydroxyl groups is 1. The molecule has 0 saturated heterocycles. The standard InChI is InChI=1S/C16H11BrN2O4S/c1-23-13-7-9(6-11(17)16(13)20)2-5-15-18-12-8-10(19(21)22)3-4-14(12)24-15/h2-8,20H,1H3/b5-2+. The molecule has 0 unspecified atom stereocenters. The van der Waals surface area contributed by atoms with Crippen LogP contribution in [0.5, 0.6) is 11.5 Å². The number of rotatable bonds is 4. The predicted molar refractivity (Wildman–Crippen MR) is 97.6 cm³/mol. The minimum absolute atomic E-state index is 0.0236. The van der Waals surface area contributed by atoms with E-state index < -0.39 is 4.92 Å². The highest BCUT2D eigenvalue weighted by Gasteiger charge is 2.10. The molecule has 0 aliphatic heterocycles. The lowest BCUT2D eigenvalue weighted by molar-refractivity contribution is -0.384. The number of nitrogens with zero attached hydrogens (tertiary/aromatic N) is 2. The van der Waals surface area contributed by atoms with Crippen molar-refractivity contribution in [3.63, 3.8) is 0 Å². The van der Waals surface area contributed by atoms with E-state index >= 15 is 0 Å². The summed E-state index contributed by atoms with van der Waals surface area (Å²) in [6, 6.07) is 8.09. The Labute approximate surface area is 149 Å². The maximum Gasteiger partial charge on any atom is 0.271 e. The maximum absolute atomic E-state index is 10.8. The van der Waals surface area contributed by atoms with Gasteiger partial charge in [-0.2, -0.15) is 0 Å². The summed E-state index contributed by atoms with van der Waals surface area (Å²) in [7, 11) is 1.48. The highest BCUT2D eigenvalue weighted by Crippen LogP contribution is 2.36. The third-order valence-electron chi connectivity index (χ3n) is 3.29. The van der Waals surface area contributed by atoms with E-state index in [1.54, 1.807) is 18.2 Å². The zero-order chi connectivity index (χ0) is 17.3. The second-order valence-electron chi connectivity index (χ2n) is 4.85. The van der Waals surface area contributed by atoms with Crippen molar-refractivity contribution in [3.8, 4) is 11.5 Å². The van der Waals surface area contributed by atoms with E-state index in [9.17, 15) is 15.2 Å². The van der Waals surface area contributed by atoms with E-state index in [2.05, 4.69) is 20.9 Å². The first-order chi connectivity index (χ1) is 11.5. The first kappa shape index (κ1) is 16.4. The SMILES string of the molecule is COc1cc(/C=C/c2nc3cc([N+](=O)[O-])ccc3s2)cc(Br)c1O. The fraction of sp³-hybridized carbons (Fsp3) is 0.0625. The van der Waals surface area contributed by atoms with Crippen LogP contribution in [0.2, 0.25) is 0 Å². The van der Waals surface area contributed by atoms with Crippen molar-refractivity contribution in [3.05, 3.63) is 55.5 Å². The predicted octanol–water partition coefficient (Wildman–Crippen LogP) is 4.85. The lowest BCUT2D eigenvalue weighted by Gasteiger charge is -2.06. The molecule has 0 aliphatic rings. The van der Waals surface area contributed by atoms with Gasteiger partial charge in [0.25, 0.3) is 5.69 Å². The largest absolute Gasteiger partial charge is 0.503 e. The van der Waals surface area contributed by atoms with Crippen LogP contribution in [0.1, 0.15) is 10.6 Å². The molecule has 0 atom stereocenters. The summed E-state index contributed by atoms with van der Waals surface area (Å²) in [5.74, 6) is 0.408. The Kier molecular flexibility index (Phi) is 4.50. The minimum atomic E-state index is -0.436. The minimum Gasteiger partial charge on any atom is -0.503 e. The molecule has 24 heavy (non-hydrogen) atoms. The van der Waals surface area contributed by atoms with Crippen LogP contribution in [0.25, 0.3) is 22.4 Å². The number of ether oxygens (including phenoxy) is 1. The van der Waals surface area contributed by atoms with Gasteiger partial charge in [0.15, 0.2) is 11.5 Å². The van der Waals surface area contributed by atoms with Gasteiger partial charge in [0, 0.05) is 12.1 Å². The molecule has 0 aliphatic carbocycles. The van der Waals surface area contributed by atoms with Crippen LogP contribution >= 0.6 is 27.3 Å². The molecule has 3 aromatic rings. The summed E-state index contributed by atoms with van der Waals surface area (Å²) < 4.78 is 6.52. The number of halogens is 1. The molecule has 1 heterocycles. The van der Waals surface area contributed by atoms with Crippen LogP contribution in [0.15, 0.2) is 34.8 Å². The summed E-state index contributed by atoms with van der Waals surface area (Å²) in [5, 5.41) is 21.4. The van der Waals surface area contributed by atoms with Gasteiger partial charge in [0.05, 0.1) is 26.7 Å². The van der Waals surface area contributed by atoms with Crippen LogP contribution in [0.4, 0.5) is 5.69 Å². The molecule has 0 radical (unpaired) electrons. The first-order valence-electron chi connectivity index (χ1n) is 6.77. The topological polar surface area (TPSA) is 85.5 Å². The fourth-order valence-corrected chi connectivity index (χ4v) is 3.44. The van der Waals surface area contributed by atoms with Crippen LogP contribution in [-0.2, 0) is 0 Å². The van der Waals surface area contributed by atoms with E-state index in [4.69, 9.17) is 4.74 Å². The molecule has 3 rings (SSSR count). The number of phenols is 1. The van der Waals surface area contributed by atoms with Crippen LogP contribution in [0.3, 0.4) is 0 Å². The molecule has 1 aromatic heterocycles. The molecule has 122 valence electrons. The Morgan fingerprint density at radius 2 is 2.12 bits per heavy atom. The number of phenolic OH excluding ortho intramolecular Hbond substituents is 1. The van der Waals surface area contributed by atoms with Gasteiger partial charge in [0.2, 0.25) is 0 Å². The molecule has 0 bridgehead atoms. The zero-order valence-corrected chi connectivity index (χ0v) is 14.8. The van der Waals surface area contributed by atoms with Crippen molar-refractivity contribution < 1.29 is 14.8 Å². The number of methoxy groups -OCH3 is 1. The number of non-ortho nitro benzene ring substituents is 1. The van der Waals surface area contributed by atoms with Crippen molar-refractivity contribution >= 4 is 55.3 Å². The number of nitro benzene ring substituents is 1. The number of fused-ring (bicyclic) bond motifs is 1. The van der Waals surface area contributed by atoms with Gasteiger partial charge in [-0.3, -0.25) is 10.1 Å². The third kappa shape index (κ3) is 3.24. The maximum atomic E-state index is 10.8. The Hall–Kier alpha value is -2.45. The van der Waals surface area contributed by atoms with Crippen molar-refractivity contribution in [1.82, 2.24) is 4.98 Å². The van der Waals surface area contributed by atoms with E-state index in [-0.39, 0.29) is 11.4 Å². The number of benzene rings is 2. The number of hydrogen-bond acceptors (Lipinski definition) is 6. The molecule has 1 N–H and O–H groups in total. The van der Waals surface area contributed by atoms with Crippen LogP contribution in [0, 0.1) is 10.1 Å². The Morgan fingerprint density at radius 1 is 1.33 bits per heavy atom. The molecule has 2 aromatic carbocycles. The highest BCUT2D eigenvalue weighted by atomic mass is 79.9. The lowest BCUT2D eigenvalue weighted by atomic mass is 10.2. The van der Waals surface area contributed by atoms with Crippen molar-refractivity contribution in [2.24, 2.45) is 0 Å². The second kappa shape index (κ2) is 6.58. The monoisotopic (exact) mass is 406 g/mol. The van der Waals surface area contributed by atoms with Crippen molar-refractivity contribution in [2.45, 2.75) is 0 Å². The van der Waals surface area contributed by atoms with Crippen molar-refractivity contribution in [2.75, 3.05) is 7.11 Å². The third-order valence-corrected chi connectivity index (χ3v) is 4.89. The summed E-state index contributed by atoms with van der Waals surface area (Å²) in [5.41, 5.74) is 1.44. The number of hydrogen-bond donors (Lipinski definition) is 1. The Morgan fingerprint density at radius 3 is 2.83 bits per heavy atom. The van der Waals surface area contributed by atoms with Gasteiger partial charge in [-0.15, -0.1) is 11.3 Å². The number of thiazole rings is 1. The van der Waals surface area contributed by atoms with E-state index in [0.29, 0.717) is 15.7 Å². The van der Waals surface area contributed by atoms with Crippen LogP contribution in [-0.4, -0.2) is 22.1 Å². The summed E-state index contributed by atoms with van der Waals surface area (Å²) in [4.78, 5) is 14.8. The van der Waals surface area contributed by atoms with Gasteiger partial charge in [0.1, 0.15) is 5.01 Å². The fourth-order valence-electron chi connectivity index (χ4n) is 2.13. The molecule has 0 spiro atoms. The van der Waals surface area contributed by atoms with Gasteiger partial charge >= 0.3 is 0 Å². The molecular formula is C16H11BrN2O4S. The zero-order valence-electron chi connectivity index (χ0n) is 12.4. The summed E-state index contributed by atoms with van der Waals surface area (Å²) >= 11 is 4.71. The average molecular weight is 407 g/mol. The Balaban J connectivity index is 1.93. The second-order valence-corrected chi connectivity index (χ2v) is 6.76. The normalized spacial score (nSPS) is 11.2. The molecule has 0 fully saturated rings. The highest BCUT2D eigenvalue weighted by molar-refractivity contribution is 9.10. The number of aromatic nitrogens is 1. The Bertz CT molecular complexity index is 968. The molecule has 6 nitrogen and oxygen atoms in total. The molecular weight excluding hydrogens is 396 g/mol. The summed E-state index contributed by atoms with van der Waals surface area (Å²) in [6.45, 7) is 0. The van der Waals surface area contributed by atoms with Crippen molar-refractivity contribution in [1.29, 1.82) is 0 Å². The first-order valence-corrected chi connectivity index (χ1v) is 8.38. The van der Waals surface area contributed by atoms with Gasteiger partial charge < -0.3 is 9.84 Å². The molecule has 0 saturated carbocycles. The van der Waals surface area contributed by atoms with Gasteiger partial charge in [-0.1, -0.05) is 6.08 Å².